The average molecular weight is 627 g/mol. The van der Waals surface area contributed by atoms with Gasteiger partial charge in [-0.1, -0.05) is 57.4 Å². The number of nitrogens with zero attached hydrogens (tertiary/aromatic N) is 1. The van der Waals surface area contributed by atoms with Gasteiger partial charge in [0, 0.05) is 21.3 Å². The summed E-state index contributed by atoms with van der Waals surface area (Å²) in [5.74, 6) is -0.949. The first-order chi connectivity index (χ1) is 18.6. The van der Waals surface area contributed by atoms with Crippen LogP contribution in [-0.2, 0) is 10.0 Å². The second kappa shape index (κ2) is 12.2. The predicted molar refractivity (Wildman–Crippen MR) is 154 cm³/mol. The highest BCUT2D eigenvalue weighted by Crippen LogP contribution is 2.24. The van der Waals surface area contributed by atoms with Gasteiger partial charge in [0.15, 0.2) is 0 Å². The molecular weight excluding hydrogens is 606 g/mol. The third-order valence-corrected chi connectivity index (χ3v) is 7.59. The molecule has 4 aromatic carbocycles. The Hall–Kier alpha value is -3.99. The highest BCUT2D eigenvalue weighted by atomic mass is 79.9. The van der Waals surface area contributed by atoms with Crippen molar-refractivity contribution in [2.75, 3.05) is 4.72 Å². The monoisotopic (exact) mass is 625 g/mol. The third kappa shape index (κ3) is 7.32. The van der Waals surface area contributed by atoms with Crippen LogP contribution in [-0.4, -0.2) is 26.5 Å². The van der Waals surface area contributed by atoms with Crippen molar-refractivity contribution in [3.05, 3.63) is 123 Å². The molecule has 8 nitrogen and oxygen atoms in total. The molecule has 1 amide bonds. The van der Waals surface area contributed by atoms with Gasteiger partial charge in [-0.3, -0.25) is 9.52 Å². The fourth-order valence-electron chi connectivity index (χ4n) is 3.34. The third-order valence-electron chi connectivity index (χ3n) is 5.37. The molecule has 0 radical (unpaired) electrons. The maximum Gasteiger partial charge on any atom is 0.345 e. The number of hydrazone groups is 1. The molecule has 0 spiro atoms. The number of benzene rings is 4. The number of rotatable bonds is 8. The van der Waals surface area contributed by atoms with Crippen molar-refractivity contribution in [3.8, 4) is 5.75 Å². The van der Waals surface area contributed by atoms with Crippen LogP contribution in [0.4, 0.5) is 5.69 Å². The molecule has 0 atom stereocenters. The molecule has 0 heterocycles. The van der Waals surface area contributed by atoms with Gasteiger partial charge in [-0.05, 0) is 73.7 Å². The van der Waals surface area contributed by atoms with Crippen molar-refractivity contribution in [1.29, 1.82) is 0 Å². The van der Waals surface area contributed by atoms with E-state index in [0.717, 1.165) is 5.56 Å². The number of hydrogen-bond acceptors (Lipinski definition) is 6. The van der Waals surface area contributed by atoms with Crippen LogP contribution in [0.5, 0.6) is 5.75 Å². The lowest BCUT2D eigenvalue weighted by molar-refractivity contribution is 0.0734. The molecule has 4 aromatic rings. The van der Waals surface area contributed by atoms with E-state index in [4.69, 9.17) is 16.3 Å². The normalized spacial score (nSPS) is 11.3. The van der Waals surface area contributed by atoms with Gasteiger partial charge in [0.1, 0.15) is 5.75 Å². The van der Waals surface area contributed by atoms with Gasteiger partial charge >= 0.3 is 5.97 Å². The van der Waals surface area contributed by atoms with Crippen molar-refractivity contribution in [2.24, 2.45) is 5.10 Å². The number of aryl methyl sites for hydroxylation is 1. The Morgan fingerprint density at radius 3 is 2.33 bits per heavy atom. The topological polar surface area (TPSA) is 114 Å². The summed E-state index contributed by atoms with van der Waals surface area (Å²) in [6.45, 7) is 1.87. The first-order valence-electron chi connectivity index (χ1n) is 11.4. The van der Waals surface area contributed by atoms with Crippen LogP contribution in [0.1, 0.15) is 31.8 Å². The zero-order valence-corrected chi connectivity index (χ0v) is 23.5. The van der Waals surface area contributed by atoms with E-state index in [1.54, 1.807) is 54.6 Å². The van der Waals surface area contributed by atoms with Crippen molar-refractivity contribution >= 4 is 61.3 Å². The molecule has 198 valence electrons. The van der Waals surface area contributed by atoms with E-state index in [0.29, 0.717) is 15.7 Å². The molecule has 0 saturated carbocycles. The minimum atomic E-state index is -3.77. The van der Waals surface area contributed by atoms with Crippen LogP contribution in [0, 0.1) is 6.92 Å². The summed E-state index contributed by atoms with van der Waals surface area (Å²) in [5.41, 5.74) is 4.54. The molecule has 39 heavy (non-hydrogen) atoms. The Kier molecular flexibility index (Phi) is 8.80. The number of amides is 1. The van der Waals surface area contributed by atoms with Crippen LogP contribution in [0.2, 0.25) is 5.02 Å². The zero-order valence-electron chi connectivity index (χ0n) is 20.4. The highest BCUT2D eigenvalue weighted by Gasteiger charge is 2.16. The maximum atomic E-state index is 12.6. The second-order valence-corrected chi connectivity index (χ2v) is 11.3. The number of anilines is 1. The van der Waals surface area contributed by atoms with Gasteiger partial charge in [0.05, 0.1) is 21.7 Å². The number of nitrogens with one attached hydrogen (secondary N) is 2. The molecule has 0 aliphatic carbocycles. The smallest absolute Gasteiger partial charge is 0.345 e. The minimum absolute atomic E-state index is 0.133. The summed E-state index contributed by atoms with van der Waals surface area (Å²) < 4.78 is 33.8. The largest absolute Gasteiger partial charge is 0.422 e. The van der Waals surface area contributed by atoms with Crippen LogP contribution in [0.15, 0.2) is 105 Å². The van der Waals surface area contributed by atoms with E-state index in [2.05, 4.69) is 31.2 Å². The Bertz CT molecular complexity index is 1660. The lowest BCUT2D eigenvalue weighted by Crippen LogP contribution is -2.18. The molecule has 4 rings (SSSR count). The van der Waals surface area contributed by atoms with Crippen molar-refractivity contribution in [3.63, 3.8) is 0 Å². The Morgan fingerprint density at radius 2 is 1.64 bits per heavy atom. The number of esters is 1. The van der Waals surface area contributed by atoms with E-state index in [1.165, 1.54) is 42.6 Å². The number of carbonyl (C=O) groups is 2. The van der Waals surface area contributed by atoms with E-state index >= 15 is 0 Å². The summed E-state index contributed by atoms with van der Waals surface area (Å²) >= 11 is 9.45. The SMILES string of the molecule is Cc1ccc(S(=O)(=O)Nc2ccc(C(=O)NN=Cc3cc(Br)ccc3OC(=O)c3ccccc3Cl)cc2)cc1. The molecule has 0 aliphatic rings. The summed E-state index contributed by atoms with van der Waals surface area (Å²) in [7, 11) is -3.77. The number of ether oxygens (including phenoxy) is 1. The summed E-state index contributed by atoms with van der Waals surface area (Å²) in [5, 5.41) is 4.23. The Balaban J connectivity index is 1.41. The van der Waals surface area contributed by atoms with Gasteiger partial charge in [-0.15, -0.1) is 0 Å². The van der Waals surface area contributed by atoms with E-state index < -0.39 is 21.9 Å². The Morgan fingerprint density at radius 1 is 0.949 bits per heavy atom. The standard InChI is InChI=1S/C28H21BrClN3O5S/c1-18-6-13-23(14-7-18)39(36,37)33-22-11-8-19(9-12-22)27(34)32-31-17-20-16-21(29)10-15-26(20)38-28(35)24-4-2-3-5-25(24)30/h2-17,33H,1H3,(H,32,34). The molecule has 0 bridgehead atoms. The molecule has 0 aromatic heterocycles. The lowest BCUT2D eigenvalue weighted by Gasteiger charge is -2.09. The molecule has 11 heteroatoms. The maximum absolute atomic E-state index is 12.6. The molecule has 0 fully saturated rings. The average Bonchev–Trinajstić information content (AvgIpc) is 2.90. The Labute approximate surface area is 238 Å². The van der Waals surface area contributed by atoms with Crippen LogP contribution in [0.25, 0.3) is 0 Å². The summed E-state index contributed by atoms with van der Waals surface area (Å²) in [6.07, 6.45) is 1.34. The van der Waals surface area contributed by atoms with Gasteiger partial charge in [-0.25, -0.2) is 18.6 Å². The molecule has 0 unspecified atom stereocenters. The van der Waals surface area contributed by atoms with Crippen molar-refractivity contribution in [2.45, 2.75) is 11.8 Å². The lowest BCUT2D eigenvalue weighted by atomic mass is 10.2. The molecule has 0 saturated heterocycles. The number of carbonyl (C=O) groups excluding carboxylic acids is 2. The first-order valence-corrected chi connectivity index (χ1v) is 14.1. The van der Waals surface area contributed by atoms with E-state index in [1.807, 2.05) is 6.92 Å². The number of halogens is 2. The van der Waals surface area contributed by atoms with Crippen molar-refractivity contribution in [1.82, 2.24) is 5.43 Å². The highest BCUT2D eigenvalue weighted by molar-refractivity contribution is 9.10. The first kappa shape index (κ1) is 28.0. The fraction of sp³-hybridized carbons (Fsp3) is 0.0357. The molecule has 0 aliphatic heterocycles. The number of sulfonamides is 1. The van der Waals surface area contributed by atoms with E-state index in [9.17, 15) is 18.0 Å². The van der Waals surface area contributed by atoms with Gasteiger partial charge in [-0.2, -0.15) is 5.10 Å². The van der Waals surface area contributed by atoms with Gasteiger partial charge in [0.2, 0.25) is 0 Å². The quantitative estimate of drug-likeness (QED) is 0.105. The van der Waals surface area contributed by atoms with Gasteiger partial charge in [0.25, 0.3) is 15.9 Å². The van der Waals surface area contributed by atoms with Crippen LogP contribution in [0.3, 0.4) is 0 Å². The van der Waals surface area contributed by atoms with Crippen molar-refractivity contribution < 1.29 is 22.7 Å². The predicted octanol–water partition coefficient (Wildman–Crippen LogP) is 6.19. The van der Waals surface area contributed by atoms with Crippen LogP contribution < -0.4 is 14.9 Å². The second-order valence-electron chi connectivity index (χ2n) is 8.25. The summed E-state index contributed by atoms with van der Waals surface area (Å²) in [4.78, 5) is 25.3. The molecular formula is C28H21BrClN3O5S. The zero-order chi connectivity index (χ0) is 28.0. The minimum Gasteiger partial charge on any atom is -0.422 e. The molecule has 2 N–H and O–H groups in total. The summed E-state index contributed by atoms with van der Waals surface area (Å²) in [6, 6.07) is 23.8. The van der Waals surface area contributed by atoms with Gasteiger partial charge < -0.3 is 4.74 Å². The van der Waals surface area contributed by atoms with Crippen LogP contribution >= 0.6 is 27.5 Å². The fourth-order valence-corrected chi connectivity index (χ4v) is 4.99. The number of hydrogen-bond donors (Lipinski definition) is 2. The van der Waals surface area contributed by atoms with E-state index in [-0.39, 0.29) is 26.8 Å².